The molecule has 2 aromatic heterocycles. The number of hydrogen-bond acceptors (Lipinski definition) is 5. The zero-order valence-corrected chi connectivity index (χ0v) is 19.0. The van der Waals surface area contributed by atoms with Crippen LogP contribution in [-0.4, -0.2) is 27.4 Å². The Morgan fingerprint density at radius 3 is 2.52 bits per heavy atom. The van der Waals surface area contributed by atoms with Crippen LogP contribution < -0.4 is 10.2 Å². The lowest BCUT2D eigenvalue weighted by molar-refractivity contribution is -0.117. The molecule has 1 fully saturated rings. The molecule has 3 heterocycles. The van der Waals surface area contributed by atoms with Gasteiger partial charge in [-0.15, -0.1) is 0 Å². The lowest BCUT2D eigenvalue weighted by atomic mass is 10.0. The van der Waals surface area contributed by atoms with E-state index in [1.807, 2.05) is 54.6 Å². The van der Waals surface area contributed by atoms with E-state index < -0.39 is 0 Å². The molecule has 0 atom stereocenters. The number of amides is 1. The largest absolute Gasteiger partial charge is 0.323 e. The molecule has 6 nitrogen and oxygen atoms in total. The van der Waals surface area contributed by atoms with Gasteiger partial charge < -0.3 is 10.2 Å². The Hall–Kier alpha value is -3.48. The third-order valence-corrected chi connectivity index (χ3v) is 5.95. The maximum absolute atomic E-state index is 12.1. The molecular formula is C25H19Cl2N5O. The second-order valence-electron chi connectivity index (χ2n) is 7.68. The molecule has 0 unspecified atom stereocenters. The van der Waals surface area contributed by atoms with Gasteiger partial charge in [-0.25, -0.2) is 9.97 Å². The molecule has 0 radical (unpaired) electrons. The Kier molecular flexibility index (Phi) is 5.94. The van der Waals surface area contributed by atoms with Gasteiger partial charge in [0.15, 0.2) is 0 Å². The van der Waals surface area contributed by atoms with E-state index in [-0.39, 0.29) is 5.91 Å². The molecule has 1 N–H and O–H groups in total. The van der Waals surface area contributed by atoms with Gasteiger partial charge in [-0.2, -0.15) is 0 Å². The van der Waals surface area contributed by atoms with Crippen molar-refractivity contribution in [1.29, 1.82) is 0 Å². The monoisotopic (exact) mass is 475 g/mol. The number of pyridine rings is 1. The first-order valence-corrected chi connectivity index (χ1v) is 11.2. The van der Waals surface area contributed by atoms with Crippen molar-refractivity contribution in [3.8, 4) is 22.4 Å². The van der Waals surface area contributed by atoms with Gasteiger partial charge in [0.2, 0.25) is 11.9 Å². The molecule has 4 aromatic rings. The Morgan fingerprint density at radius 2 is 1.73 bits per heavy atom. The molecule has 33 heavy (non-hydrogen) atoms. The molecule has 1 saturated heterocycles. The topological polar surface area (TPSA) is 71.0 Å². The maximum atomic E-state index is 12.1. The van der Waals surface area contributed by atoms with Gasteiger partial charge in [-0.05, 0) is 41.8 Å². The number of halogens is 2. The zero-order chi connectivity index (χ0) is 22.8. The van der Waals surface area contributed by atoms with Crippen LogP contribution >= 0.6 is 23.2 Å². The van der Waals surface area contributed by atoms with Crippen molar-refractivity contribution >= 4 is 46.4 Å². The smallest absolute Gasteiger partial charge is 0.227 e. The van der Waals surface area contributed by atoms with E-state index in [1.54, 1.807) is 23.5 Å². The third-order valence-electron chi connectivity index (χ3n) is 5.42. The molecule has 5 rings (SSSR count). The normalized spacial score (nSPS) is 13.4. The highest BCUT2D eigenvalue weighted by Crippen LogP contribution is 2.31. The average Bonchev–Trinajstić information content (AvgIpc) is 3.27. The summed E-state index contributed by atoms with van der Waals surface area (Å²) in [5.74, 6) is 0.498. The van der Waals surface area contributed by atoms with Crippen LogP contribution in [0.1, 0.15) is 12.8 Å². The highest BCUT2D eigenvalue weighted by atomic mass is 35.5. The van der Waals surface area contributed by atoms with Gasteiger partial charge in [0.05, 0.1) is 40.7 Å². The van der Waals surface area contributed by atoms with Crippen molar-refractivity contribution in [1.82, 2.24) is 15.0 Å². The summed E-state index contributed by atoms with van der Waals surface area (Å²) < 4.78 is 0. The predicted octanol–water partition coefficient (Wildman–Crippen LogP) is 6.38. The fourth-order valence-corrected chi connectivity index (χ4v) is 4.14. The molecule has 1 aliphatic rings. The minimum absolute atomic E-state index is 0.111. The van der Waals surface area contributed by atoms with Crippen LogP contribution in [0.25, 0.3) is 22.4 Å². The van der Waals surface area contributed by atoms with Crippen molar-refractivity contribution < 1.29 is 4.79 Å². The van der Waals surface area contributed by atoms with Gasteiger partial charge in [-0.1, -0.05) is 53.5 Å². The van der Waals surface area contributed by atoms with Crippen LogP contribution in [0.3, 0.4) is 0 Å². The number of nitrogens with zero attached hydrogens (tertiary/aromatic N) is 4. The third kappa shape index (κ3) is 4.67. The summed E-state index contributed by atoms with van der Waals surface area (Å²) in [4.78, 5) is 27.0. The summed E-state index contributed by atoms with van der Waals surface area (Å²) in [6.07, 6.45) is 6.35. The molecule has 0 bridgehead atoms. The number of benzene rings is 2. The van der Waals surface area contributed by atoms with Crippen LogP contribution in [0.2, 0.25) is 10.0 Å². The lowest BCUT2D eigenvalue weighted by Crippen LogP contribution is -2.23. The molecule has 0 spiro atoms. The van der Waals surface area contributed by atoms with Crippen molar-refractivity contribution in [2.45, 2.75) is 12.8 Å². The molecule has 164 valence electrons. The molecule has 2 aromatic carbocycles. The Bertz CT molecular complexity index is 1330. The van der Waals surface area contributed by atoms with Crippen molar-refractivity contribution in [2.75, 3.05) is 16.8 Å². The van der Waals surface area contributed by atoms with Crippen LogP contribution in [-0.2, 0) is 4.79 Å². The zero-order valence-electron chi connectivity index (χ0n) is 17.5. The first-order chi connectivity index (χ1) is 16.1. The van der Waals surface area contributed by atoms with E-state index in [9.17, 15) is 4.79 Å². The first kappa shape index (κ1) is 21.4. The summed E-state index contributed by atoms with van der Waals surface area (Å²) in [6.45, 7) is 0.704. The number of carbonyl (C=O) groups excluding carboxylic acids is 1. The fourth-order valence-electron chi connectivity index (χ4n) is 3.81. The van der Waals surface area contributed by atoms with E-state index in [0.29, 0.717) is 40.3 Å². The summed E-state index contributed by atoms with van der Waals surface area (Å²) in [7, 11) is 0. The molecule has 0 saturated carbocycles. The van der Waals surface area contributed by atoms with Gasteiger partial charge >= 0.3 is 0 Å². The minimum atomic E-state index is 0.111. The lowest BCUT2D eigenvalue weighted by Gasteiger charge is -2.16. The second kappa shape index (κ2) is 9.17. The van der Waals surface area contributed by atoms with Crippen LogP contribution in [0, 0.1) is 0 Å². The Labute approximate surface area is 201 Å². The Morgan fingerprint density at radius 1 is 0.909 bits per heavy atom. The number of rotatable bonds is 5. The highest BCUT2D eigenvalue weighted by Gasteiger charge is 2.22. The van der Waals surface area contributed by atoms with E-state index in [1.165, 1.54) is 0 Å². The SMILES string of the molecule is O=C1CCCN1c1cncc(Nc2ncc(Cl)c(-c3cccc(-c4ccc(Cl)cc4)c3)n2)c1. The van der Waals surface area contributed by atoms with Crippen molar-refractivity contribution in [3.63, 3.8) is 0 Å². The Balaban J connectivity index is 1.43. The van der Waals surface area contributed by atoms with Gasteiger partial charge in [-0.3, -0.25) is 9.78 Å². The summed E-state index contributed by atoms with van der Waals surface area (Å²) in [5.41, 5.74) is 5.00. The van der Waals surface area contributed by atoms with E-state index in [0.717, 1.165) is 28.8 Å². The van der Waals surface area contributed by atoms with Gasteiger partial charge in [0.25, 0.3) is 0 Å². The highest BCUT2D eigenvalue weighted by molar-refractivity contribution is 6.33. The van der Waals surface area contributed by atoms with Crippen molar-refractivity contribution in [3.05, 3.63) is 83.2 Å². The maximum Gasteiger partial charge on any atom is 0.227 e. The summed E-state index contributed by atoms with van der Waals surface area (Å²) in [5, 5.41) is 4.32. The van der Waals surface area contributed by atoms with Crippen LogP contribution in [0.4, 0.5) is 17.3 Å². The number of nitrogens with one attached hydrogen (secondary N) is 1. The van der Waals surface area contributed by atoms with E-state index in [2.05, 4.69) is 20.3 Å². The fraction of sp³-hybridized carbons (Fsp3) is 0.120. The molecule has 1 amide bonds. The second-order valence-corrected chi connectivity index (χ2v) is 8.53. The summed E-state index contributed by atoms with van der Waals surface area (Å²) >= 11 is 12.5. The number of aromatic nitrogens is 3. The van der Waals surface area contributed by atoms with Crippen LogP contribution in [0.5, 0.6) is 0 Å². The standard InChI is InChI=1S/C25H19Cl2N5O/c26-19-8-6-16(7-9-19)17-3-1-4-18(11-17)24-22(27)15-29-25(31-24)30-20-12-21(14-28-13-20)32-10-2-5-23(32)33/h1,3-4,6-9,11-15H,2,5,10H2,(H,29,30,31). The molecule has 0 aliphatic carbocycles. The minimum Gasteiger partial charge on any atom is -0.323 e. The molecule has 1 aliphatic heterocycles. The quantitative estimate of drug-likeness (QED) is 0.362. The number of hydrogen-bond donors (Lipinski definition) is 1. The number of anilines is 3. The molecule has 8 heteroatoms. The van der Waals surface area contributed by atoms with E-state index >= 15 is 0 Å². The summed E-state index contributed by atoms with van der Waals surface area (Å²) in [6, 6.07) is 17.5. The van der Waals surface area contributed by atoms with Crippen LogP contribution in [0.15, 0.2) is 73.2 Å². The van der Waals surface area contributed by atoms with Gasteiger partial charge in [0, 0.05) is 23.6 Å². The number of carbonyl (C=O) groups is 1. The first-order valence-electron chi connectivity index (χ1n) is 10.5. The van der Waals surface area contributed by atoms with Crippen molar-refractivity contribution in [2.24, 2.45) is 0 Å². The molecular weight excluding hydrogens is 457 g/mol. The average molecular weight is 476 g/mol. The van der Waals surface area contributed by atoms with Gasteiger partial charge in [0.1, 0.15) is 0 Å². The predicted molar refractivity (Wildman–Crippen MR) is 132 cm³/mol. The van der Waals surface area contributed by atoms with E-state index in [4.69, 9.17) is 23.2 Å².